The van der Waals surface area contributed by atoms with Crippen LogP contribution in [-0.2, 0) is 13.2 Å². The topological polar surface area (TPSA) is 118 Å². The molecule has 0 aromatic heterocycles. The Kier molecular flexibility index (Phi) is 9.68. The zero-order valence-electron chi connectivity index (χ0n) is 16.1. The van der Waals surface area contributed by atoms with E-state index in [0.717, 1.165) is 11.1 Å². The van der Waals surface area contributed by atoms with E-state index >= 15 is 0 Å². The lowest BCUT2D eigenvalue weighted by atomic mass is 10.1. The molecule has 158 valence electrons. The number of ether oxygens (including phenoxy) is 2. The van der Waals surface area contributed by atoms with Crippen LogP contribution in [0.3, 0.4) is 0 Å². The Labute approximate surface area is 188 Å². The maximum atomic E-state index is 7.53. The van der Waals surface area contributed by atoms with E-state index in [1.165, 1.54) is 0 Å². The van der Waals surface area contributed by atoms with Crippen LogP contribution < -0.4 is 20.9 Å². The molecule has 6 nitrogen and oxygen atoms in total. The molecule has 3 aromatic rings. The zero-order valence-corrected chi connectivity index (χ0v) is 17.8. The fourth-order valence-electron chi connectivity index (χ4n) is 2.67. The van der Waals surface area contributed by atoms with E-state index in [-0.39, 0.29) is 36.5 Å². The summed E-state index contributed by atoms with van der Waals surface area (Å²) >= 11 is 0. The number of halogens is 2. The minimum atomic E-state index is 0. The molecule has 0 aliphatic carbocycles. The number of amidine groups is 2. The van der Waals surface area contributed by atoms with E-state index < -0.39 is 0 Å². The molecule has 0 atom stereocenters. The second-order valence-corrected chi connectivity index (χ2v) is 6.23. The van der Waals surface area contributed by atoms with Crippen molar-refractivity contribution in [3.05, 3.63) is 95.1 Å². The van der Waals surface area contributed by atoms with Crippen molar-refractivity contribution < 1.29 is 9.47 Å². The summed E-state index contributed by atoms with van der Waals surface area (Å²) in [6, 6.07) is 22.2. The minimum absolute atomic E-state index is 0. The van der Waals surface area contributed by atoms with Crippen LogP contribution in [-0.4, -0.2) is 11.7 Å². The third-order valence-corrected chi connectivity index (χ3v) is 4.20. The highest BCUT2D eigenvalue weighted by atomic mass is 35.5. The van der Waals surface area contributed by atoms with Gasteiger partial charge >= 0.3 is 0 Å². The van der Waals surface area contributed by atoms with Crippen molar-refractivity contribution in [1.82, 2.24) is 0 Å². The molecule has 0 saturated heterocycles. The van der Waals surface area contributed by atoms with E-state index in [2.05, 4.69) is 0 Å². The van der Waals surface area contributed by atoms with Gasteiger partial charge in [0.25, 0.3) is 0 Å². The Balaban J connectivity index is 0.00000225. The van der Waals surface area contributed by atoms with Gasteiger partial charge in [0.15, 0.2) is 0 Å². The molecule has 0 aliphatic rings. The van der Waals surface area contributed by atoms with Gasteiger partial charge in [0.05, 0.1) is 0 Å². The summed E-state index contributed by atoms with van der Waals surface area (Å²) in [7, 11) is 0. The minimum Gasteiger partial charge on any atom is -0.489 e. The summed E-state index contributed by atoms with van der Waals surface area (Å²) < 4.78 is 11.7. The molecule has 0 aliphatic heterocycles. The number of hydrogen-bond donors (Lipinski definition) is 4. The van der Waals surface area contributed by atoms with E-state index in [9.17, 15) is 0 Å². The highest BCUT2D eigenvalue weighted by molar-refractivity contribution is 5.95. The number of nitrogens with one attached hydrogen (secondary N) is 2. The van der Waals surface area contributed by atoms with Crippen molar-refractivity contribution in [3.8, 4) is 11.5 Å². The number of benzene rings is 3. The first kappa shape index (κ1) is 24.8. The number of nitrogens with two attached hydrogens (primary N) is 2. The molecule has 0 amide bonds. The smallest absolute Gasteiger partial charge is 0.122 e. The lowest BCUT2D eigenvalue weighted by molar-refractivity contribution is 0.285. The molecule has 8 heteroatoms. The van der Waals surface area contributed by atoms with E-state index in [1.807, 2.05) is 48.5 Å². The third kappa shape index (κ3) is 6.69. The molecule has 0 radical (unpaired) electrons. The lowest BCUT2D eigenvalue weighted by Crippen LogP contribution is -2.11. The predicted octanol–water partition coefficient (Wildman–Crippen LogP) is 4.26. The fourth-order valence-corrected chi connectivity index (χ4v) is 2.67. The number of hydrogen-bond acceptors (Lipinski definition) is 4. The molecule has 30 heavy (non-hydrogen) atoms. The molecule has 3 rings (SSSR count). The van der Waals surface area contributed by atoms with Gasteiger partial charge < -0.3 is 20.9 Å². The zero-order chi connectivity index (χ0) is 19.9. The highest BCUT2D eigenvalue weighted by Crippen LogP contribution is 2.19. The van der Waals surface area contributed by atoms with Gasteiger partial charge in [-0.1, -0.05) is 48.5 Å². The molecule has 0 unspecified atom stereocenters. The van der Waals surface area contributed by atoms with Gasteiger partial charge in [0.2, 0.25) is 0 Å². The van der Waals surface area contributed by atoms with E-state index in [0.29, 0.717) is 35.8 Å². The molecule has 0 spiro atoms. The van der Waals surface area contributed by atoms with Crippen LogP contribution in [0.5, 0.6) is 11.5 Å². The van der Waals surface area contributed by atoms with E-state index in [4.69, 9.17) is 31.8 Å². The van der Waals surface area contributed by atoms with Crippen molar-refractivity contribution in [2.45, 2.75) is 13.2 Å². The van der Waals surface area contributed by atoms with Crippen molar-refractivity contribution in [1.29, 1.82) is 10.8 Å². The second-order valence-electron chi connectivity index (χ2n) is 6.23. The number of nitrogen functional groups attached to an aromatic ring is 2. The summed E-state index contributed by atoms with van der Waals surface area (Å²) in [6.07, 6.45) is 0. The Morgan fingerprint density at radius 2 is 1.03 bits per heavy atom. The molecule has 6 N–H and O–H groups in total. The normalized spacial score (nSPS) is 9.60. The predicted molar refractivity (Wildman–Crippen MR) is 125 cm³/mol. The first-order valence-electron chi connectivity index (χ1n) is 8.74. The maximum absolute atomic E-state index is 7.53. The summed E-state index contributed by atoms with van der Waals surface area (Å²) in [6.45, 7) is 0.739. The SMILES string of the molecule is Cl.Cl.N=C(N)c1cccc(OCc2ccccc2COc2cccc(C(=N)N)c2)c1. The van der Waals surface area contributed by atoms with Gasteiger partial charge in [-0.2, -0.15) is 0 Å². The van der Waals surface area contributed by atoms with Gasteiger partial charge in [-0.15, -0.1) is 24.8 Å². The van der Waals surface area contributed by atoms with Crippen LogP contribution in [0.2, 0.25) is 0 Å². The summed E-state index contributed by atoms with van der Waals surface area (Å²) in [5.41, 5.74) is 14.3. The lowest BCUT2D eigenvalue weighted by Gasteiger charge is -2.13. The van der Waals surface area contributed by atoms with Gasteiger partial charge in [0.1, 0.15) is 36.4 Å². The molecule has 0 saturated carbocycles. The maximum Gasteiger partial charge on any atom is 0.122 e. The summed E-state index contributed by atoms with van der Waals surface area (Å²) in [5.74, 6) is 1.31. The number of rotatable bonds is 8. The van der Waals surface area contributed by atoms with Crippen LogP contribution in [0.1, 0.15) is 22.3 Å². The van der Waals surface area contributed by atoms with Crippen LogP contribution in [0.4, 0.5) is 0 Å². The molecular formula is C22H24Cl2N4O2. The van der Waals surface area contributed by atoms with Crippen LogP contribution in [0.25, 0.3) is 0 Å². The first-order chi connectivity index (χ1) is 13.5. The first-order valence-corrected chi connectivity index (χ1v) is 8.74. The molecule has 3 aromatic carbocycles. The van der Waals surface area contributed by atoms with Crippen LogP contribution in [0.15, 0.2) is 72.8 Å². The molecule has 0 heterocycles. The largest absolute Gasteiger partial charge is 0.489 e. The Hall–Kier alpha value is -3.22. The Morgan fingerprint density at radius 1 is 0.633 bits per heavy atom. The fraction of sp³-hybridized carbons (Fsp3) is 0.0909. The molecule has 0 fully saturated rings. The quantitative estimate of drug-likeness (QED) is 0.305. The van der Waals surface area contributed by atoms with Crippen molar-refractivity contribution in [2.75, 3.05) is 0 Å². The van der Waals surface area contributed by atoms with Crippen molar-refractivity contribution >= 4 is 36.5 Å². The van der Waals surface area contributed by atoms with Gasteiger partial charge in [-0.3, -0.25) is 10.8 Å². The molecular weight excluding hydrogens is 423 g/mol. The van der Waals surface area contributed by atoms with Gasteiger partial charge in [-0.05, 0) is 35.4 Å². The standard InChI is InChI=1S/C22H22N4O2.2ClH/c23-21(24)15-7-3-9-19(11-15)27-13-17-5-1-2-6-18(17)14-28-20-10-4-8-16(12-20)22(25)26;;/h1-12H,13-14H2,(H3,23,24)(H3,25,26);2*1H. The van der Waals surface area contributed by atoms with Gasteiger partial charge in [0, 0.05) is 11.1 Å². The van der Waals surface area contributed by atoms with Crippen molar-refractivity contribution in [3.63, 3.8) is 0 Å². The summed E-state index contributed by atoms with van der Waals surface area (Å²) in [4.78, 5) is 0. The highest BCUT2D eigenvalue weighted by Gasteiger charge is 2.06. The monoisotopic (exact) mass is 446 g/mol. The average molecular weight is 447 g/mol. The van der Waals surface area contributed by atoms with E-state index in [1.54, 1.807) is 24.3 Å². The average Bonchev–Trinajstić information content (AvgIpc) is 2.71. The van der Waals surface area contributed by atoms with Crippen LogP contribution in [0, 0.1) is 10.8 Å². The third-order valence-electron chi connectivity index (χ3n) is 4.20. The van der Waals surface area contributed by atoms with Gasteiger partial charge in [-0.25, -0.2) is 0 Å². The van der Waals surface area contributed by atoms with Crippen LogP contribution >= 0.6 is 24.8 Å². The second kappa shape index (κ2) is 11.7. The Morgan fingerprint density at radius 3 is 1.40 bits per heavy atom. The van der Waals surface area contributed by atoms with Crippen molar-refractivity contribution in [2.24, 2.45) is 11.5 Å². The molecule has 0 bridgehead atoms. The Bertz CT molecular complexity index is 931. The summed E-state index contributed by atoms with van der Waals surface area (Å²) in [5, 5.41) is 15.1.